The summed E-state index contributed by atoms with van der Waals surface area (Å²) in [5, 5.41) is 0. The topological polar surface area (TPSA) is 12.9 Å². The van der Waals surface area contributed by atoms with Gasteiger partial charge in [-0.05, 0) is 12.1 Å². The van der Waals surface area contributed by atoms with Crippen molar-refractivity contribution in [2.45, 2.75) is 12.8 Å². The predicted molar refractivity (Wildman–Crippen MR) is 32.6 cm³/mol. The quantitative estimate of drug-likeness (QED) is 0.584. The number of rotatable bonds is 1. The molecule has 1 rings (SSSR count). The predicted octanol–water partition coefficient (Wildman–Crippen LogP) is 1.99. The molecule has 0 bridgehead atoms. The Hall–Kier alpha value is -0.990. The average Bonchev–Trinajstić information content (AvgIpc) is 1.88. The van der Waals surface area contributed by atoms with E-state index in [1.807, 2.05) is 0 Å². The highest BCUT2D eigenvalue weighted by Crippen LogP contribution is 2.23. The highest BCUT2D eigenvalue weighted by atomic mass is 19.3. The second kappa shape index (κ2) is 2.33. The van der Waals surface area contributed by atoms with Crippen molar-refractivity contribution in [3.05, 3.63) is 30.1 Å². The van der Waals surface area contributed by atoms with E-state index in [1.165, 1.54) is 18.2 Å². The van der Waals surface area contributed by atoms with Gasteiger partial charge >= 0.3 is 0 Å². The fraction of sp³-hybridized carbons (Fsp3) is 0.286. The van der Waals surface area contributed by atoms with Gasteiger partial charge in [0.05, 0.1) is 6.20 Å². The molecule has 0 aliphatic rings. The number of alkyl halides is 2. The first kappa shape index (κ1) is 7.12. The van der Waals surface area contributed by atoms with E-state index in [1.54, 1.807) is 0 Å². The molecular weight excluding hydrogens is 136 g/mol. The number of aromatic nitrogens is 1. The lowest BCUT2D eigenvalue weighted by atomic mass is 10.2. The molecule has 3 heteroatoms. The Morgan fingerprint density at radius 3 is 2.60 bits per heavy atom. The third kappa shape index (κ3) is 1.50. The van der Waals surface area contributed by atoms with Gasteiger partial charge in [-0.15, -0.1) is 0 Å². The summed E-state index contributed by atoms with van der Waals surface area (Å²) in [6.07, 6.45) is 2.34. The zero-order valence-electron chi connectivity index (χ0n) is 5.44. The molecule has 10 heavy (non-hydrogen) atoms. The van der Waals surface area contributed by atoms with Crippen molar-refractivity contribution in [2.24, 2.45) is 0 Å². The van der Waals surface area contributed by atoms with E-state index >= 15 is 0 Å². The summed E-state index contributed by atoms with van der Waals surface area (Å²) >= 11 is 0. The van der Waals surface area contributed by atoms with Crippen molar-refractivity contribution in [2.75, 3.05) is 0 Å². The van der Waals surface area contributed by atoms with Gasteiger partial charge in [-0.3, -0.25) is 0 Å². The van der Waals surface area contributed by atoms with Gasteiger partial charge in [-0.2, -0.15) is 8.78 Å². The van der Waals surface area contributed by atoms with Crippen molar-refractivity contribution in [3.8, 4) is 0 Å². The van der Waals surface area contributed by atoms with Gasteiger partial charge in [-0.25, -0.2) is 4.98 Å². The van der Waals surface area contributed by atoms with Crippen LogP contribution in [0.4, 0.5) is 8.78 Å². The van der Waals surface area contributed by atoms with E-state index in [9.17, 15) is 8.78 Å². The average molecular weight is 142 g/mol. The van der Waals surface area contributed by atoms with Crippen LogP contribution in [-0.4, -0.2) is 4.98 Å². The zero-order valence-corrected chi connectivity index (χ0v) is 5.44. The van der Waals surface area contributed by atoms with Gasteiger partial charge in [0.25, 0.3) is 5.92 Å². The summed E-state index contributed by atoms with van der Waals surface area (Å²) in [6, 6.07) is 4.24. The number of pyridine rings is 1. The van der Waals surface area contributed by atoms with Crippen LogP contribution in [0.15, 0.2) is 18.2 Å². The maximum Gasteiger partial charge on any atom is 0.286 e. The van der Waals surface area contributed by atoms with Crippen LogP contribution in [0.2, 0.25) is 0 Å². The number of hydrogen-bond acceptors (Lipinski definition) is 1. The van der Waals surface area contributed by atoms with Gasteiger partial charge < -0.3 is 0 Å². The van der Waals surface area contributed by atoms with Crippen LogP contribution >= 0.6 is 0 Å². The van der Waals surface area contributed by atoms with Crippen LogP contribution in [0.25, 0.3) is 0 Å². The highest BCUT2D eigenvalue weighted by molar-refractivity contribution is 5.07. The third-order valence-electron chi connectivity index (χ3n) is 1.06. The molecule has 53 valence electrons. The molecule has 0 unspecified atom stereocenters. The van der Waals surface area contributed by atoms with E-state index in [0.717, 1.165) is 6.92 Å². The molecule has 0 amide bonds. The van der Waals surface area contributed by atoms with Gasteiger partial charge in [0.2, 0.25) is 0 Å². The second-order valence-electron chi connectivity index (χ2n) is 2.04. The van der Waals surface area contributed by atoms with Crippen molar-refractivity contribution < 1.29 is 8.78 Å². The molecule has 1 nitrogen and oxygen atoms in total. The Bertz CT molecular complexity index is 203. The minimum absolute atomic E-state index is 0.241. The molecule has 0 saturated carbocycles. The van der Waals surface area contributed by atoms with Gasteiger partial charge in [-0.1, -0.05) is 6.07 Å². The molecule has 1 heterocycles. The minimum atomic E-state index is -2.85. The molecular formula is C7H6F2N. The van der Waals surface area contributed by atoms with E-state index in [4.69, 9.17) is 0 Å². The van der Waals surface area contributed by atoms with Crippen LogP contribution in [-0.2, 0) is 5.92 Å². The van der Waals surface area contributed by atoms with Crippen LogP contribution in [0.3, 0.4) is 0 Å². The Morgan fingerprint density at radius 2 is 2.30 bits per heavy atom. The van der Waals surface area contributed by atoms with Crippen molar-refractivity contribution in [3.63, 3.8) is 0 Å². The largest absolute Gasteiger partial charge is 0.286 e. The maximum atomic E-state index is 12.4. The summed E-state index contributed by atoms with van der Waals surface area (Å²) in [4.78, 5) is 3.38. The Morgan fingerprint density at radius 1 is 1.60 bits per heavy atom. The lowest BCUT2D eigenvalue weighted by molar-refractivity contribution is 0.0127. The molecule has 0 atom stereocenters. The Kier molecular flexibility index (Phi) is 1.66. The SMILES string of the molecule is CC(F)(F)c1ccc[c]n1. The molecule has 1 aromatic heterocycles. The normalized spacial score (nSPS) is 11.5. The van der Waals surface area contributed by atoms with Crippen molar-refractivity contribution in [1.29, 1.82) is 0 Å². The first-order valence-electron chi connectivity index (χ1n) is 2.82. The first-order chi connectivity index (χ1) is 4.61. The third-order valence-corrected chi connectivity index (χ3v) is 1.06. The van der Waals surface area contributed by atoms with Crippen LogP contribution in [0.1, 0.15) is 12.6 Å². The summed E-state index contributed by atoms with van der Waals surface area (Å²) in [5.74, 6) is -2.85. The molecule has 0 saturated heterocycles. The maximum absolute atomic E-state index is 12.4. The smallest absolute Gasteiger partial charge is 0.245 e. The molecule has 0 aliphatic carbocycles. The van der Waals surface area contributed by atoms with Crippen molar-refractivity contribution in [1.82, 2.24) is 4.98 Å². The molecule has 1 aromatic rings. The van der Waals surface area contributed by atoms with E-state index in [0.29, 0.717) is 0 Å². The molecule has 0 spiro atoms. The lowest BCUT2D eigenvalue weighted by Crippen LogP contribution is -2.08. The van der Waals surface area contributed by atoms with Gasteiger partial charge in [0.1, 0.15) is 5.69 Å². The standard InChI is InChI=1S/C7H6F2N/c1-7(8,9)6-4-2-3-5-10-6/h2-4H,1H3. The Balaban J connectivity index is 2.97. The molecule has 0 N–H and O–H groups in total. The van der Waals surface area contributed by atoms with E-state index in [-0.39, 0.29) is 5.69 Å². The molecule has 1 radical (unpaired) electrons. The fourth-order valence-electron chi connectivity index (χ4n) is 0.571. The van der Waals surface area contributed by atoms with Gasteiger partial charge in [0.15, 0.2) is 0 Å². The molecule has 0 aliphatic heterocycles. The minimum Gasteiger partial charge on any atom is -0.245 e. The number of halogens is 2. The van der Waals surface area contributed by atoms with Crippen LogP contribution in [0.5, 0.6) is 0 Å². The number of nitrogens with zero attached hydrogens (tertiary/aromatic N) is 1. The van der Waals surface area contributed by atoms with Crippen LogP contribution < -0.4 is 0 Å². The van der Waals surface area contributed by atoms with E-state index < -0.39 is 5.92 Å². The summed E-state index contributed by atoms with van der Waals surface area (Å²) in [5.41, 5.74) is -0.241. The zero-order chi connectivity index (χ0) is 7.61. The second-order valence-corrected chi connectivity index (χ2v) is 2.04. The summed E-state index contributed by atoms with van der Waals surface area (Å²) in [6.45, 7) is 0.809. The monoisotopic (exact) mass is 142 g/mol. The lowest BCUT2D eigenvalue weighted by Gasteiger charge is -2.06. The first-order valence-corrected chi connectivity index (χ1v) is 2.82. The van der Waals surface area contributed by atoms with Crippen LogP contribution in [0, 0.1) is 6.20 Å². The molecule has 0 aromatic carbocycles. The van der Waals surface area contributed by atoms with Crippen molar-refractivity contribution >= 4 is 0 Å². The van der Waals surface area contributed by atoms with E-state index in [2.05, 4.69) is 11.2 Å². The Labute approximate surface area is 57.7 Å². The highest BCUT2D eigenvalue weighted by Gasteiger charge is 2.24. The molecule has 0 fully saturated rings. The fourth-order valence-corrected chi connectivity index (χ4v) is 0.571. The summed E-state index contributed by atoms with van der Waals surface area (Å²) < 4.78 is 24.7. The summed E-state index contributed by atoms with van der Waals surface area (Å²) in [7, 11) is 0. The number of hydrogen-bond donors (Lipinski definition) is 0. The van der Waals surface area contributed by atoms with Gasteiger partial charge in [0, 0.05) is 6.92 Å².